The van der Waals surface area contributed by atoms with Crippen LogP contribution in [0.1, 0.15) is 5.56 Å². The van der Waals surface area contributed by atoms with Crippen LogP contribution in [0.2, 0.25) is 0 Å². The number of aromatic nitrogens is 1. The van der Waals surface area contributed by atoms with Gasteiger partial charge in [0, 0.05) is 30.4 Å². The van der Waals surface area contributed by atoms with Crippen LogP contribution in [0.15, 0.2) is 59.6 Å². The third-order valence-corrected chi connectivity index (χ3v) is 6.36. The smallest absolute Gasteiger partial charge is 0.180 e. The van der Waals surface area contributed by atoms with Gasteiger partial charge in [-0.2, -0.15) is 0 Å². The second kappa shape index (κ2) is 6.04. The van der Waals surface area contributed by atoms with Gasteiger partial charge in [-0.05, 0) is 23.8 Å². The maximum Gasteiger partial charge on any atom is 0.180 e. The van der Waals surface area contributed by atoms with Crippen molar-refractivity contribution in [1.82, 2.24) is 4.98 Å². The standard InChI is InChI=1S/C19H18N2O3S/c1-24-17-7-4-6-15-16(9-10-20-19(15)17)21-11-12-25(22,23)18-8-3-2-5-14(18)13-21/h2-10H,11-13H2,1H3. The zero-order valence-electron chi connectivity index (χ0n) is 13.8. The number of methoxy groups -OCH3 is 1. The Morgan fingerprint density at radius 2 is 1.92 bits per heavy atom. The van der Waals surface area contributed by atoms with E-state index in [1.165, 1.54) is 0 Å². The monoisotopic (exact) mass is 354 g/mol. The summed E-state index contributed by atoms with van der Waals surface area (Å²) in [5.41, 5.74) is 2.58. The minimum Gasteiger partial charge on any atom is -0.494 e. The molecule has 25 heavy (non-hydrogen) atoms. The van der Waals surface area contributed by atoms with Crippen LogP contribution in [0.25, 0.3) is 10.9 Å². The highest BCUT2D eigenvalue weighted by molar-refractivity contribution is 7.91. The molecule has 0 amide bonds. The van der Waals surface area contributed by atoms with Crippen LogP contribution in [0, 0.1) is 0 Å². The second-order valence-corrected chi connectivity index (χ2v) is 8.11. The molecule has 3 aromatic rings. The average molecular weight is 354 g/mol. The lowest BCUT2D eigenvalue weighted by Crippen LogP contribution is -2.25. The second-order valence-electron chi connectivity index (χ2n) is 6.03. The molecule has 0 N–H and O–H groups in total. The van der Waals surface area contributed by atoms with Crippen LogP contribution in [-0.2, 0) is 16.4 Å². The number of hydrogen-bond donors (Lipinski definition) is 0. The lowest BCUT2D eigenvalue weighted by molar-refractivity contribution is 0.419. The summed E-state index contributed by atoms with van der Waals surface area (Å²) in [5, 5.41) is 0.957. The third kappa shape index (κ3) is 2.72. The van der Waals surface area contributed by atoms with E-state index in [0.29, 0.717) is 23.7 Å². The average Bonchev–Trinajstić information content (AvgIpc) is 2.77. The number of sulfone groups is 1. The molecular weight excluding hydrogens is 336 g/mol. The van der Waals surface area contributed by atoms with Gasteiger partial charge in [-0.25, -0.2) is 8.42 Å². The molecule has 0 saturated heterocycles. The Kier molecular flexibility index (Phi) is 3.84. The van der Waals surface area contributed by atoms with Gasteiger partial charge in [0.05, 0.1) is 17.8 Å². The van der Waals surface area contributed by atoms with E-state index in [0.717, 1.165) is 22.2 Å². The number of para-hydroxylation sites is 1. The fourth-order valence-corrected chi connectivity index (χ4v) is 4.84. The summed E-state index contributed by atoms with van der Waals surface area (Å²) >= 11 is 0. The third-order valence-electron chi connectivity index (χ3n) is 4.57. The molecule has 0 radical (unpaired) electrons. The van der Waals surface area contributed by atoms with Gasteiger partial charge in [-0.1, -0.05) is 30.3 Å². The molecule has 0 saturated carbocycles. The SMILES string of the molecule is COc1cccc2c(N3CCS(=O)(=O)c4ccccc4C3)ccnc12. The quantitative estimate of drug-likeness (QED) is 0.708. The lowest BCUT2D eigenvalue weighted by atomic mass is 10.1. The minimum absolute atomic E-state index is 0.0950. The van der Waals surface area contributed by atoms with Crippen molar-refractivity contribution in [3.63, 3.8) is 0 Å². The highest BCUT2D eigenvalue weighted by Gasteiger charge is 2.26. The molecule has 0 unspecified atom stereocenters. The molecule has 2 heterocycles. The zero-order valence-corrected chi connectivity index (χ0v) is 14.7. The van der Waals surface area contributed by atoms with Gasteiger partial charge in [0.15, 0.2) is 9.84 Å². The van der Waals surface area contributed by atoms with E-state index in [4.69, 9.17) is 4.74 Å². The molecular formula is C19H18N2O3S. The topological polar surface area (TPSA) is 59.5 Å². The predicted molar refractivity (Wildman–Crippen MR) is 97.8 cm³/mol. The Bertz CT molecular complexity index is 1050. The molecule has 0 spiro atoms. The summed E-state index contributed by atoms with van der Waals surface area (Å²) in [6, 6.07) is 15.0. The molecule has 1 aliphatic rings. The van der Waals surface area contributed by atoms with Crippen molar-refractivity contribution in [2.45, 2.75) is 11.4 Å². The van der Waals surface area contributed by atoms with Crippen LogP contribution in [0.5, 0.6) is 5.75 Å². The summed E-state index contributed by atoms with van der Waals surface area (Å²) in [5.74, 6) is 0.805. The van der Waals surface area contributed by atoms with Crippen LogP contribution < -0.4 is 9.64 Å². The molecule has 1 aliphatic heterocycles. The number of fused-ring (bicyclic) bond motifs is 2. The number of hydrogen-bond acceptors (Lipinski definition) is 5. The first-order chi connectivity index (χ1) is 12.1. The van der Waals surface area contributed by atoms with E-state index in [-0.39, 0.29) is 5.75 Å². The summed E-state index contributed by atoms with van der Waals surface area (Å²) < 4.78 is 30.6. The molecule has 5 nitrogen and oxygen atoms in total. The van der Waals surface area contributed by atoms with Gasteiger partial charge in [0.1, 0.15) is 11.3 Å². The van der Waals surface area contributed by atoms with Crippen LogP contribution >= 0.6 is 0 Å². The highest BCUT2D eigenvalue weighted by atomic mass is 32.2. The molecule has 128 valence electrons. The van der Waals surface area contributed by atoms with Crippen molar-refractivity contribution in [2.75, 3.05) is 24.3 Å². The maximum atomic E-state index is 12.6. The van der Waals surface area contributed by atoms with Gasteiger partial charge >= 0.3 is 0 Å². The van der Waals surface area contributed by atoms with E-state index in [9.17, 15) is 8.42 Å². The minimum atomic E-state index is -3.27. The molecule has 4 rings (SSSR count). The summed E-state index contributed by atoms with van der Waals surface area (Å²) in [4.78, 5) is 6.98. The normalized spacial score (nSPS) is 16.3. The van der Waals surface area contributed by atoms with Gasteiger partial charge in [0.2, 0.25) is 0 Å². The van der Waals surface area contributed by atoms with Gasteiger partial charge in [-0.15, -0.1) is 0 Å². The van der Waals surface area contributed by atoms with E-state index in [1.807, 2.05) is 36.4 Å². The first-order valence-corrected chi connectivity index (χ1v) is 9.73. The molecule has 0 aliphatic carbocycles. The molecule has 1 aromatic heterocycles. The number of pyridine rings is 1. The van der Waals surface area contributed by atoms with Gasteiger partial charge < -0.3 is 9.64 Å². The Balaban J connectivity index is 1.86. The van der Waals surface area contributed by atoms with Crippen molar-refractivity contribution in [3.8, 4) is 5.75 Å². The van der Waals surface area contributed by atoms with E-state index < -0.39 is 9.84 Å². The largest absolute Gasteiger partial charge is 0.494 e. The number of anilines is 1. The molecule has 0 bridgehead atoms. The van der Waals surface area contributed by atoms with Crippen molar-refractivity contribution < 1.29 is 13.2 Å². The Labute approximate surface area is 146 Å². The van der Waals surface area contributed by atoms with E-state index in [2.05, 4.69) is 9.88 Å². The van der Waals surface area contributed by atoms with Crippen LogP contribution in [-0.4, -0.2) is 32.8 Å². The first-order valence-electron chi connectivity index (χ1n) is 8.07. The van der Waals surface area contributed by atoms with E-state index in [1.54, 1.807) is 25.4 Å². The number of ether oxygens (including phenoxy) is 1. The van der Waals surface area contributed by atoms with Crippen molar-refractivity contribution >= 4 is 26.4 Å². The molecule has 2 aromatic carbocycles. The van der Waals surface area contributed by atoms with Crippen LogP contribution in [0.3, 0.4) is 0 Å². The number of rotatable bonds is 2. The Hall–Kier alpha value is -2.60. The fraction of sp³-hybridized carbons (Fsp3) is 0.211. The molecule has 0 fully saturated rings. The van der Waals surface area contributed by atoms with Crippen LogP contribution in [0.4, 0.5) is 5.69 Å². The first kappa shape index (κ1) is 15.9. The Morgan fingerprint density at radius 3 is 2.76 bits per heavy atom. The van der Waals surface area contributed by atoms with Crippen molar-refractivity contribution in [2.24, 2.45) is 0 Å². The van der Waals surface area contributed by atoms with Crippen molar-refractivity contribution in [1.29, 1.82) is 0 Å². The summed E-state index contributed by atoms with van der Waals surface area (Å²) in [6.45, 7) is 0.985. The Morgan fingerprint density at radius 1 is 1.08 bits per heavy atom. The lowest BCUT2D eigenvalue weighted by Gasteiger charge is -2.24. The van der Waals surface area contributed by atoms with Gasteiger partial charge in [-0.3, -0.25) is 4.98 Å². The fourth-order valence-electron chi connectivity index (χ4n) is 3.34. The summed E-state index contributed by atoms with van der Waals surface area (Å²) in [6.07, 6.45) is 1.74. The molecule has 6 heteroatoms. The van der Waals surface area contributed by atoms with E-state index >= 15 is 0 Å². The number of benzene rings is 2. The summed E-state index contributed by atoms with van der Waals surface area (Å²) in [7, 11) is -1.64. The number of nitrogens with zero attached hydrogens (tertiary/aromatic N) is 2. The predicted octanol–water partition coefficient (Wildman–Crippen LogP) is 3.04. The van der Waals surface area contributed by atoms with Gasteiger partial charge in [0.25, 0.3) is 0 Å². The maximum absolute atomic E-state index is 12.6. The zero-order chi connectivity index (χ0) is 17.4. The molecule has 0 atom stereocenters. The van der Waals surface area contributed by atoms with Crippen molar-refractivity contribution in [3.05, 3.63) is 60.3 Å². The highest BCUT2D eigenvalue weighted by Crippen LogP contribution is 2.33.